The fraction of sp³-hybridized carbons (Fsp3) is 0.667. The summed E-state index contributed by atoms with van der Waals surface area (Å²) in [6.07, 6.45) is 3.55. The minimum atomic E-state index is 0.210. The van der Waals surface area contributed by atoms with Crippen molar-refractivity contribution in [3.63, 3.8) is 0 Å². The molecule has 0 amide bonds. The van der Waals surface area contributed by atoms with Gasteiger partial charge in [-0.1, -0.05) is 26.7 Å². The Balaban J connectivity index is 2.48. The van der Waals surface area contributed by atoms with Crippen LogP contribution in [0.25, 0.3) is 0 Å². The first-order chi connectivity index (χ1) is 8.51. The van der Waals surface area contributed by atoms with Gasteiger partial charge in [-0.05, 0) is 19.3 Å². The Hall–Kier alpha value is -1.56. The Labute approximate surface area is 109 Å². The Morgan fingerprint density at radius 2 is 1.83 bits per heavy atom. The van der Waals surface area contributed by atoms with Crippen LogP contribution in [0.15, 0.2) is 6.07 Å². The molecule has 0 aromatic carbocycles. The maximum atomic E-state index is 5.59. The second-order valence-electron chi connectivity index (χ2n) is 5.01. The molecule has 18 heavy (non-hydrogen) atoms. The van der Waals surface area contributed by atoms with Crippen LogP contribution in [-0.4, -0.2) is 16.0 Å². The number of rotatable bonds is 7. The second kappa shape index (κ2) is 7.00. The van der Waals surface area contributed by atoms with Crippen LogP contribution in [-0.2, 0) is 0 Å². The number of anilines is 3. The Bertz CT molecular complexity index is 366. The average molecular weight is 252 g/mol. The van der Waals surface area contributed by atoms with Gasteiger partial charge in [-0.3, -0.25) is 0 Å². The Kier molecular flexibility index (Phi) is 5.64. The highest BCUT2D eigenvalue weighted by Gasteiger charge is 2.06. The summed E-state index contributed by atoms with van der Waals surface area (Å²) in [5.41, 5.74) is 8.06. The number of nitrogens with two attached hydrogens (primary N) is 2. The van der Waals surface area contributed by atoms with E-state index in [1.54, 1.807) is 6.07 Å². The minimum Gasteiger partial charge on any atom is -0.368 e. The van der Waals surface area contributed by atoms with Gasteiger partial charge in [0.1, 0.15) is 11.6 Å². The maximum Gasteiger partial charge on any atom is 0.223 e. The molecule has 6 N–H and O–H groups in total. The number of hydrogen-bond acceptors (Lipinski definition) is 6. The van der Waals surface area contributed by atoms with Crippen molar-refractivity contribution in [3.8, 4) is 0 Å². The van der Waals surface area contributed by atoms with Gasteiger partial charge >= 0.3 is 0 Å². The fourth-order valence-corrected chi connectivity index (χ4v) is 1.77. The summed E-state index contributed by atoms with van der Waals surface area (Å²) in [7, 11) is 0. The molecule has 0 spiro atoms. The lowest BCUT2D eigenvalue weighted by atomic mass is 10.0. The molecule has 1 rings (SSSR count). The molecular formula is C12H24N6. The average Bonchev–Trinajstić information content (AvgIpc) is 2.27. The summed E-state index contributed by atoms with van der Waals surface area (Å²) in [6, 6.07) is 2.10. The van der Waals surface area contributed by atoms with Gasteiger partial charge in [0.2, 0.25) is 5.95 Å². The van der Waals surface area contributed by atoms with Crippen LogP contribution in [0, 0.1) is 5.92 Å². The van der Waals surface area contributed by atoms with E-state index in [9.17, 15) is 0 Å². The van der Waals surface area contributed by atoms with Crippen LogP contribution in [0.5, 0.6) is 0 Å². The van der Waals surface area contributed by atoms with E-state index in [1.165, 1.54) is 12.8 Å². The largest absolute Gasteiger partial charge is 0.368 e. The van der Waals surface area contributed by atoms with Gasteiger partial charge < -0.3 is 16.5 Å². The number of hydrogen-bond donors (Lipinski definition) is 4. The van der Waals surface area contributed by atoms with Crippen molar-refractivity contribution >= 4 is 17.6 Å². The van der Waals surface area contributed by atoms with Gasteiger partial charge in [0.05, 0.1) is 0 Å². The van der Waals surface area contributed by atoms with Crippen LogP contribution < -0.4 is 22.3 Å². The Morgan fingerprint density at radius 1 is 1.17 bits per heavy atom. The zero-order valence-electron chi connectivity index (χ0n) is 11.4. The molecule has 0 fully saturated rings. The summed E-state index contributed by atoms with van der Waals surface area (Å²) in [5.74, 6) is 7.48. The molecule has 102 valence electrons. The molecular weight excluding hydrogens is 228 g/mol. The predicted molar refractivity (Wildman–Crippen MR) is 76.0 cm³/mol. The smallest absolute Gasteiger partial charge is 0.223 e. The first-order valence-corrected chi connectivity index (χ1v) is 6.39. The van der Waals surface area contributed by atoms with Crippen molar-refractivity contribution in [2.45, 2.75) is 46.1 Å². The molecule has 0 saturated heterocycles. The van der Waals surface area contributed by atoms with E-state index in [4.69, 9.17) is 11.6 Å². The number of nitrogens with one attached hydrogen (secondary N) is 2. The van der Waals surface area contributed by atoms with Crippen molar-refractivity contribution in [3.05, 3.63) is 6.07 Å². The van der Waals surface area contributed by atoms with E-state index >= 15 is 0 Å². The topological polar surface area (TPSA) is 102 Å². The van der Waals surface area contributed by atoms with Crippen molar-refractivity contribution in [2.24, 2.45) is 11.8 Å². The maximum absolute atomic E-state index is 5.59. The van der Waals surface area contributed by atoms with Crippen LogP contribution in [0.2, 0.25) is 0 Å². The number of nitrogen functional groups attached to an aromatic ring is 2. The lowest BCUT2D eigenvalue weighted by Gasteiger charge is -2.15. The van der Waals surface area contributed by atoms with E-state index in [2.05, 4.69) is 41.5 Å². The molecule has 6 nitrogen and oxygen atoms in total. The number of aromatic nitrogens is 2. The molecule has 6 heteroatoms. The van der Waals surface area contributed by atoms with E-state index in [1.807, 2.05) is 0 Å². The van der Waals surface area contributed by atoms with E-state index in [0.29, 0.717) is 17.7 Å². The molecule has 1 unspecified atom stereocenters. The first-order valence-electron chi connectivity index (χ1n) is 6.39. The summed E-state index contributed by atoms with van der Waals surface area (Å²) in [5, 5.41) is 3.30. The SMILES string of the molecule is CC(C)CCCC(C)Nc1cc(NN)nc(N)n1. The van der Waals surface area contributed by atoms with Gasteiger partial charge in [0.25, 0.3) is 0 Å². The molecule has 0 aliphatic carbocycles. The van der Waals surface area contributed by atoms with Crippen molar-refractivity contribution in [2.75, 3.05) is 16.5 Å². The van der Waals surface area contributed by atoms with Crippen LogP contribution in [0.4, 0.5) is 17.6 Å². The standard InChI is InChI=1S/C12H24N6/c1-8(2)5-4-6-9(3)15-10-7-11(18-14)17-12(13)16-10/h7-9H,4-6,14H2,1-3H3,(H4,13,15,16,17,18). The highest BCUT2D eigenvalue weighted by Crippen LogP contribution is 2.15. The molecule has 0 saturated carbocycles. The third-order valence-electron chi connectivity index (χ3n) is 2.70. The van der Waals surface area contributed by atoms with Crippen molar-refractivity contribution < 1.29 is 0 Å². The lowest BCUT2D eigenvalue weighted by Crippen LogP contribution is -2.18. The van der Waals surface area contributed by atoms with Gasteiger partial charge in [0.15, 0.2) is 0 Å². The van der Waals surface area contributed by atoms with Gasteiger partial charge in [-0.25, -0.2) is 5.84 Å². The van der Waals surface area contributed by atoms with Crippen LogP contribution >= 0.6 is 0 Å². The van der Waals surface area contributed by atoms with Crippen molar-refractivity contribution in [1.82, 2.24) is 9.97 Å². The summed E-state index contributed by atoms with van der Waals surface area (Å²) in [4.78, 5) is 8.06. The van der Waals surface area contributed by atoms with Gasteiger partial charge in [-0.15, -0.1) is 0 Å². The monoisotopic (exact) mass is 252 g/mol. The zero-order valence-corrected chi connectivity index (χ0v) is 11.4. The summed E-state index contributed by atoms with van der Waals surface area (Å²) >= 11 is 0. The molecule has 1 atom stereocenters. The predicted octanol–water partition coefficient (Wildman–Crippen LogP) is 1.97. The zero-order chi connectivity index (χ0) is 13.5. The molecule has 0 aliphatic heterocycles. The first kappa shape index (κ1) is 14.5. The minimum absolute atomic E-state index is 0.210. The summed E-state index contributed by atoms with van der Waals surface area (Å²) in [6.45, 7) is 6.61. The highest BCUT2D eigenvalue weighted by molar-refractivity contribution is 5.50. The molecule has 1 aromatic rings. The molecule has 1 aromatic heterocycles. The van der Waals surface area contributed by atoms with E-state index < -0.39 is 0 Å². The third-order valence-corrected chi connectivity index (χ3v) is 2.70. The highest BCUT2D eigenvalue weighted by atomic mass is 15.3. The molecule has 1 heterocycles. The Morgan fingerprint density at radius 3 is 2.44 bits per heavy atom. The number of hydrazine groups is 1. The molecule has 0 aliphatic rings. The van der Waals surface area contributed by atoms with Gasteiger partial charge in [-0.2, -0.15) is 9.97 Å². The normalized spacial score (nSPS) is 12.5. The number of nitrogens with zero attached hydrogens (tertiary/aromatic N) is 2. The fourth-order valence-electron chi connectivity index (χ4n) is 1.77. The van der Waals surface area contributed by atoms with Gasteiger partial charge in [0, 0.05) is 12.1 Å². The van der Waals surface area contributed by atoms with Crippen molar-refractivity contribution in [1.29, 1.82) is 0 Å². The lowest BCUT2D eigenvalue weighted by molar-refractivity contribution is 0.520. The quantitative estimate of drug-likeness (QED) is 0.437. The van der Waals surface area contributed by atoms with Crippen LogP contribution in [0.3, 0.4) is 0 Å². The van der Waals surface area contributed by atoms with Crippen LogP contribution in [0.1, 0.15) is 40.0 Å². The summed E-state index contributed by atoms with van der Waals surface area (Å²) < 4.78 is 0. The third kappa shape index (κ3) is 5.18. The second-order valence-corrected chi connectivity index (χ2v) is 5.01. The molecule has 0 bridgehead atoms. The molecule has 0 radical (unpaired) electrons. The van der Waals surface area contributed by atoms with E-state index in [0.717, 1.165) is 12.3 Å². The van der Waals surface area contributed by atoms with E-state index in [-0.39, 0.29) is 5.95 Å².